The van der Waals surface area contributed by atoms with Gasteiger partial charge >= 0.3 is 0 Å². The maximum atomic E-state index is 12.9. The highest BCUT2D eigenvalue weighted by molar-refractivity contribution is 7.98. The van der Waals surface area contributed by atoms with Gasteiger partial charge in [-0.25, -0.2) is 0 Å². The van der Waals surface area contributed by atoms with Crippen LogP contribution in [0, 0.1) is 16.0 Å². The number of nitro groups is 1. The van der Waals surface area contributed by atoms with E-state index in [4.69, 9.17) is 11.6 Å². The van der Waals surface area contributed by atoms with Crippen LogP contribution >= 0.6 is 23.4 Å². The third-order valence-electron chi connectivity index (χ3n) is 3.76. The Morgan fingerprint density at radius 2 is 2.22 bits per heavy atom. The van der Waals surface area contributed by atoms with Crippen LogP contribution in [0.15, 0.2) is 27.1 Å². The Labute approximate surface area is 139 Å². The van der Waals surface area contributed by atoms with Crippen LogP contribution in [-0.2, 0) is 0 Å². The number of nitrogens with one attached hydrogen (secondary N) is 1. The maximum absolute atomic E-state index is 12.9. The summed E-state index contributed by atoms with van der Waals surface area (Å²) in [6.07, 6.45) is 3.47. The summed E-state index contributed by atoms with van der Waals surface area (Å²) in [6, 6.07) is 2.39. The van der Waals surface area contributed by atoms with Crippen LogP contribution in [0.2, 0.25) is 5.02 Å². The van der Waals surface area contributed by atoms with Crippen LogP contribution < -0.4 is 5.43 Å². The third kappa shape index (κ3) is 2.68. The molecule has 23 heavy (non-hydrogen) atoms. The number of benzene rings is 1. The largest absolute Gasteiger partial charge is 0.411 e. The number of non-ortho nitro benzene ring substituents is 1. The Bertz CT molecular complexity index is 905. The van der Waals surface area contributed by atoms with Gasteiger partial charge in [-0.2, -0.15) is 0 Å². The number of thioether (sulfide) groups is 1. The number of H-pyrrole nitrogens is 1. The number of aromatic nitrogens is 1. The van der Waals surface area contributed by atoms with Crippen molar-refractivity contribution in [3.05, 3.63) is 43.1 Å². The Kier molecular flexibility index (Phi) is 4.03. The van der Waals surface area contributed by atoms with E-state index in [9.17, 15) is 20.1 Å². The van der Waals surface area contributed by atoms with Crippen LogP contribution in [0.5, 0.6) is 0 Å². The van der Waals surface area contributed by atoms with Crippen molar-refractivity contribution in [2.45, 2.75) is 17.9 Å². The lowest BCUT2D eigenvalue weighted by atomic mass is 10.0. The third-order valence-corrected chi connectivity index (χ3v) is 4.77. The molecule has 0 radical (unpaired) electrons. The molecule has 0 saturated heterocycles. The minimum atomic E-state index is -0.602. The van der Waals surface area contributed by atoms with Crippen LogP contribution in [0.25, 0.3) is 10.9 Å². The number of hydrogen-bond acceptors (Lipinski definition) is 6. The highest BCUT2D eigenvalue weighted by Crippen LogP contribution is 2.36. The number of hydrogen-bond donors (Lipinski definition) is 2. The van der Waals surface area contributed by atoms with Gasteiger partial charge in [0.15, 0.2) is 5.43 Å². The number of fused-ring (bicyclic) bond motifs is 1. The lowest BCUT2D eigenvalue weighted by Gasteiger charge is -2.11. The molecule has 0 aliphatic heterocycles. The highest BCUT2D eigenvalue weighted by atomic mass is 35.5. The minimum Gasteiger partial charge on any atom is -0.411 e. The average Bonchev–Trinajstić information content (AvgIpc) is 3.35. The van der Waals surface area contributed by atoms with Crippen molar-refractivity contribution in [2.75, 3.05) is 6.26 Å². The van der Waals surface area contributed by atoms with Crippen molar-refractivity contribution >= 4 is 45.7 Å². The summed E-state index contributed by atoms with van der Waals surface area (Å²) in [7, 11) is 0. The average molecular weight is 354 g/mol. The molecule has 1 aliphatic rings. The van der Waals surface area contributed by atoms with E-state index in [0.717, 1.165) is 12.8 Å². The van der Waals surface area contributed by atoms with Gasteiger partial charge in [-0.05, 0) is 19.1 Å². The fourth-order valence-electron chi connectivity index (χ4n) is 2.50. The first kappa shape index (κ1) is 15.8. The molecule has 0 atom stereocenters. The highest BCUT2D eigenvalue weighted by Gasteiger charge is 2.33. The molecule has 7 nitrogen and oxygen atoms in total. The zero-order valence-electron chi connectivity index (χ0n) is 12.0. The number of rotatable bonds is 4. The standard InChI is InChI=1S/C14H12ClN3O4S/c1-23-14-10(11(17-20)6-2-3-6)13(19)8-4-7(18(21)22)5-9(15)12(8)16-14/h4-6,20H,2-3H2,1H3,(H,16,19)/b17-11+. The number of halogens is 1. The Morgan fingerprint density at radius 3 is 2.74 bits per heavy atom. The van der Waals surface area contributed by atoms with Crippen molar-refractivity contribution in [1.82, 2.24) is 4.98 Å². The van der Waals surface area contributed by atoms with Gasteiger partial charge in [-0.3, -0.25) is 14.9 Å². The van der Waals surface area contributed by atoms with E-state index >= 15 is 0 Å². The van der Waals surface area contributed by atoms with E-state index in [0.29, 0.717) is 16.3 Å². The van der Waals surface area contributed by atoms with Gasteiger partial charge < -0.3 is 10.2 Å². The smallest absolute Gasteiger partial charge is 0.271 e. The summed E-state index contributed by atoms with van der Waals surface area (Å²) in [5, 5.41) is 24.3. The van der Waals surface area contributed by atoms with Gasteiger partial charge in [-0.15, -0.1) is 11.8 Å². The molecule has 1 saturated carbocycles. The zero-order chi connectivity index (χ0) is 16.7. The molecule has 1 aliphatic carbocycles. The Morgan fingerprint density at radius 1 is 1.52 bits per heavy atom. The predicted molar refractivity (Wildman–Crippen MR) is 89.1 cm³/mol. The molecule has 0 amide bonds. The number of nitrogens with zero attached hydrogens (tertiary/aromatic N) is 2. The van der Waals surface area contributed by atoms with E-state index in [2.05, 4.69) is 10.1 Å². The molecule has 9 heteroatoms. The van der Waals surface area contributed by atoms with Gasteiger partial charge in [0.05, 0.1) is 37.1 Å². The summed E-state index contributed by atoms with van der Waals surface area (Å²) in [4.78, 5) is 26.3. The van der Waals surface area contributed by atoms with E-state index in [1.54, 1.807) is 6.26 Å². The summed E-state index contributed by atoms with van der Waals surface area (Å²) in [6.45, 7) is 0. The minimum absolute atomic E-state index is 0.0404. The molecule has 3 rings (SSSR count). The van der Waals surface area contributed by atoms with Crippen molar-refractivity contribution < 1.29 is 10.1 Å². The quantitative estimate of drug-likeness (QED) is 0.288. The molecule has 2 aromatic rings. The van der Waals surface area contributed by atoms with Crippen molar-refractivity contribution in [3.63, 3.8) is 0 Å². The van der Waals surface area contributed by atoms with Crippen LogP contribution in [0.4, 0.5) is 5.69 Å². The predicted octanol–water partition coefficient (Wildman–Crippen LogP) is 3.40. The molecule has 1 aromatic heterocycles. The summed E-state index contributed by atoms with van der Waals surface area (Å²) in [5.74, 6) is 0.0404. The number of pyridine rings is 1. The first-order valence-corrected chi connectivity index (χ1v) is 8.38. The SMILES string of the molecule is CSc1[nH]c2c(Cl)cc([N+](=O)[O-])cc2c(=O)c1/C(=N/O)C1CC1. The lowest BCUT2D eigenvalue weighted by molar-refractivity contribution is -0.384. The number of aromatic amines is 1. The van der Waals surface area contributed by atoms with E-state index in [1.165, 1.54) is 23.9 Å². The number of oxime groups is 1. The van der Waals surface area contributed by atoms with Gasteiger partial charge in [0, 0.05) is 18.1 Å². The van der Waals surface area contributed by atoms with Crippen LogP contribution in [-0.4, -0.2) is 27.1 Å². The topological polar surface area (TPSA) is 109 Å². The maximum Gasteiger partial charge on any atom is 0.271 e. The first-order chi connectivity index (χ1) is 11.0. The molecule has 0 spiro atoms. The molecule has 0 unspecified atom stereocenters. The van der Waals surface area contributed by atoms with E-state index in [1.807, 2.05) is 0 Å². The van der Waals surface area contributed by atoms with Gasteiger partial charge in [0.2, 0.25) is 0 Å². The second kappa shape index (κ2) is 5.86. The normalized spacial score (nSPS) is 15.1. The zero-order valence-corrected chi connectivity index (χ0v) is 13.6. The summed E-state index contributed by atoms with van der Waals surface area (Å²) in [5.41, 5.74) is 0.230. The van der Waals surface area contributed by atoms with Crippen molar-refractivity contribution in [1.29, 1.82) is 0 Å². The van der Waals surface area contributed by atoms with E-state index < -0.39 is 10.4 Å². The monoisotopic (exact) mass is 353 g/mol. The molecular formula is C14H12ClN3O4S. The molecule has 2 N–H and O–H groups in total. The summed E-state index contributed by atoms with van der Waals surface area (Å²) >= 11 is 7.38. The number of nitro benzene ring substituents is 1. The van der Waals surface area contributed by atoms with Gasteiger partial charge in [-0.1, -0.05) is 16.8 Å². The fraction of sp³-hybridized carbons (Fsp3) is 0.286. The molecule has 1 heterocycles. The van der Waals surface area contributed by atoms with Gasteiger partial charge in [0.25, 0.3) is 5.69 Å². The molecule has 120 valence electrons. The molecule has 1 aromatic carbocycles. The summed E-state index contributed by atoms with van der Waals surface area (Å²) < 4.78 is 0. The second-order valence-corrected chi connectivity index (χ2v) is 6.45. The second-order valence-electron chi connectivity index (χ2n) is 5.23. The Hall–Kier alpha value is -2.06. The Balaban J connectivity index is 2.38. The molecule has 1 fully saturated rings. The first-order valence-electron chi connectivity index (χ1n) is 6.78. The fourth-order valence-corrected chi connectivity index (χ4v) is 3.36. The van der Waals surface area contributed by atoms with Crippen molar-refractivity contribution in [3.8, 4) is 0 Å². The molecule has 0 bridgehead atoms. The van der Waals surface area contributed by atoms with Gasteiger partial charge in [0.1, 0.15) is 0 Å². The van der Waals surface area contributed by atoms with Crippen LogP contribution in [0.3, 0.4) is 0 Å². The molecular weight excluding hydrogens is 342 g/mol. The van der Waals surface area contributed by atoms with E-state index in [-0.39, 0.29) is 27.6 Å². The van der Waals surface area contributed by atoms with Crippen LogP contribution in [0.1, 0.15) is 18.4 Å². The van der Waals surface area contributed by atoms with Crippen molar-refractivity contribution in [2.24, 2.45) is 11.1 Å². The lowest BCUT2D eigenvalue weighted by Crippen LogP contribution is -2.20.